The van der Waals surface area contributed by atoms with Crippen LogP contribution in [0.5, 0.6) is 5.75 Å². The zero-order valence-corrected chi connectivity index (χ0v) is 11.1. The van der Waals surface area contributed by atoms with E-state index in [-0.39, 0.29) is 35.3 Å². The number of aromatic hydroxyl groups is 1. The molecule has 1 saturated heterocycles. The number of benzene rings is 1. The first-order valence-corrected chi connectivity index (χ1v) is 6.90. The third-order valence-electron chi connectivity index (χ3n) is 5.23. The van der Waals surface area contributed by atoms with Gasteiger partial charge in [0.05, 0.1) is 17.0 Å². The summed E-state index contributed by atoms with van der Waals surface area (Å²) in [6.45, 7) is 1.89. The number of nitrogens with zero attached hydrogens (tertiary/aromatic N) is 1. The van der Waals surface area contributed by atoms with Gasteiger partial charge in [0.25, 0.3) is 0 Å². The second-order valence-corrected chi connectivity index (χ2v) is 6.12. The highest BCUT2D eigenvalue weighted by Gasteiger charge is 2.67. The van der Waals surface area contributed by atoms with E-state index in [0.29, 0.717) is 5.69 Å². The molecule has 1 N–H and O–H groups in total. The summed E-state index contributed by atoms with van der Waals surface area (Å²) in [5, 5.41) is 9.94. The highest BCUT2D eigenvalue weighted by Crippen LogP contribution is 2.61. The number of carbonyl (C=O) groups is 2. The van der Waals surface area contributed by atoms with Gasteiger partial charge in [-0.3, -0.25) is 9.59 Å². The number of hydrogen-bond donors (Lipinski definition) is 1. The van der Waals surface area contributed by atoms with E-state index < -0.39 is 5.41 Å². The van der Waals surface area contributed by atoms with Crippen LogP contribution in [-0.4, -0.2) is 16.9 Å². The van der Waals surface area contributed by atoms with E-state index in [0.717, 1.165) is 6.42 Å². The first-order chi connectivity index (χ1) is 9.55. The maximum atomic E-state index is 12.8. The number of hydrogen-bond acceptors (Lipinski definition) is 3. The van der Waals surface area contributed by atoms with E-state index in [1.165, 1.54) is 11.0 Å². The van der Waals surface area contributed by atoms with Gasteiger partial charge in [0.2, 0.25) is 11.8 Å². The Morgan fingerprint density at radius 2 is 2.00 bits per heavy atom. The molecule has 2 fully saturated rings. The average molecular weight is 269 g/mol. The molecule has 102 valence electrons. The van der Waals surface area contributed by atoms with Gasteiger partial charge in [-0.2, -0.15) is 0 Å². The normalized spacial score (nSPS) is 37.9. The number of imide groups is 1. The van der Waals surface area contributed by atoms with Crippen LogP contribution in [0.25, 0.3) is 0 Å². The molecular weight excluding hydrogens is 254 g/mol. The summed E-state index contributed by atoms with van der Waals surface area (Å²) in [6, 6.07) is 6.51. The van der Waals surface area contributed by atoms with Gasteiger partial charge in [-0.25, -0.2) is 4.90 Å². The van der Waals surface area contributed by atoms with Crippen LogP contribution in [0, 0.1) is 23.2 Å². The molecule has 1 aromatic carbocycles. The Bertz CT molecular complexity index is 665. The Morgan fingerprint density at radius 3 is 2.70 bits per heavy atom. The van der Waals surface area contributed by atoms with Gasteiger partial charge >= 0.3 is 0 Å². The van der Waals surface area contributed by atoms with Gasteiger partial charge in [0.1, 0.15) is 5.75 Å². The third kappa shape index (κ3) is 1.13. The lowest BCUT2D eigenvalue weighted by Gasteiger charge is -2.28. The lowest BCUT2D eigenvalue weighted by atomic mass is 9.71. The van der Waals surface area contributed by atoms with Gasteiger partial charge in [-0.15, -0.1) is 0 Å². The minimum Gasteiger partial charge on any atom is -0.506 e. The molecule has 4 nitrogen and oxygen atoms in total. The highest BCUT2D eigenvalue weighted by molar-refractivity contribution is 6.25. The van der Waals surface area contributed by atoms with Crippen molar-refractivity contribution in [2.24, 2.45) is 23.2 Å². The van der Waals surface area contributed by atoms with E-state index in [1.54, 1.807) is 18.2 Å². The fraction of sp³-hybridized carbons (Fsp3) is 0.375. The van der Waals surface area contributed by atoms with Crippen molar-refractivity contribution in [2.75, 3.05) is 4.90 Å². The van der Waals surface area contributed by atoms with E-state index in [2.05, 4.69) is 12.2 Å². The van der Waals surface area contributed by atoms with Crippen molar-refractivity contribution in [3.63, 3.8) is 0 Å². The number of allylic oxidation sites excluding steroid dienone is 2. The number of fused-ring (bicyclic) bond motifs is 5. The zero-order valence-electron chi connectivity index (χ0n) is 11.1. The Kier molecular flexibility index (Phi) is 2.05. The van der Waals surface area contributed by atoms with E-state index in [9.17, 15) is 14.7 Å². The van der Waals surface area contributed by atoms with Crippen LogP contribution in [-0.2, 0) is 9.59 Å². The lowest BCUT2D eigenvalue weighted by molar-refractivity contribution is -0.127. The molecule has 4 heteroatoms. The first kappa shape index (κ1) is 11.7. The van der Waals surface area contributed by atoms with Crippen molar-refractivity contribution in [1.82, 2.24) is 0 Å². The van der Waals surface area contributed by atoms with Crippen LogP contribution in [0.15, 0.2) is 36.4 Å². The van der Waals surface area contributed by atoms with Gasteiger partial charge in [-0.05, 0) is 37.3 Å². The molecule has 4 rings (SSSR count). The zero-order chi connectivity index (χ0) is 14.1. The molecule has 2 bridgehead atoms. The summed E-state index contributed by atoms with van der Waals surface area (Å²) in [4.78, 5) is 26.7. The second-order valence-electron chi connectivity index (χ2n) is 6.12. The number of rotatable bonds is 1. The largest absolute Gasteiger partial charge is 0.506 e. The predicted octanol–water partition coefficient (Wildman–Crippen LogP) is 2.09. The predicted molar refractivity (Wildman–Crippen MR) is 72.9 cm³/mol. The second kappa shape index (κ2) is 3.51. The quantitative estimate of drug-likeness (QED) is 0.627. The van der Waals surface area contributed by atoms with Gasteiger partial charge in [0.15, 0.2) is 0 Å². The number of para-hydroxylation sites is 2. The molecule has 1 saturated carbocycles. The molecule has 2 aliphatic carbocycles. The number of anilines is 1. The third-order valence-corrected chi connectivity index (χ3v) is 5.23. The molecule has 1 heterocycles. The maximum Gasteiger partial charge on any atom is 0.241 e. The van der Waals surface area contributed by atoms with Crippen molar-refractivity contribution in [1.29, 1.82) is 0 Å². The minimum absolute atomic E-state index is 0.0296. The molecular formula is C16H15NO3. The van der Waals surface area contributed by atoms with Crippen LogP contribution < -0.4 is 4.90 Å². The summed E-state index contributed by atoms with van der Waals surface area (Å²) in [6.07, 6.45) is 5.03. The van der Waals surface area contributed by atoms with Crippen LogP contribution >= 0.6 is 0 Å². The standard InChI is InChI=1S/C16H15NO3/c1-16-10-7-6-9(8-10)13(16)14(19)17(15(16)20)11-4-2-3-5-12(11)18/h2-7,9-10,13,18H,8H2,1H3/t9-,10-,13-,16+/m1/s1. The molecule has 3 aliphatic rings. The van der Waals surface area contributed by atoms with Gasteiger partial charge in [0, 0.05) is 0 Å². The number of amides is 2. The molecule has 20 heavy (non-hydrogen) atoms. The number of phenols is 1. The SMILES string of the molecule is C[C@@]12C(=O)N(c3ccccc3O)C(=O)[C@H]1[C@@H]1C=C[C@@H]2C1. The van der Waals surface area contributed by atoms with E-state index in [1.807, 2.05) is 6.92 Å². The smallest absolute Gasteiger partial charge is 0.241 e. The number of phenolic OH excluding ortho intramolecular Hbond substituents is 1. The van der Waals surface area contributed by atoms with Crippen LogP contribution in [0.2, 0.25) is 0 Å². The summed E-state index contributed by atoms with van der Waals surface area (Å²) < 4.78 is 0. The monoisotopic (exact) mass is 269 g/mol. The molecule has 0 radical (unpaired) electrons. The van der Waals surface area contributed by atoms with Crippen molar-refractivity contribution in [3.05, 3.63) is 36.4 Å². The topological polar surface area (TPSA) is 57.6 Å². The van der Waals surface area contributed by atoms with E-state index in [4.69, 9.17) is 0 Å². The number of carbonyl (C=O) groups excluding carboxylic acids is 2. The van der Waals surface area contributed by atoms with Gasteiger partial charge < -0.3 is 5.11 Å². The van der Waals surface area contributed by atoms with Crippen LogP contribution in [0.3, 0.4) is 0 Å². The fourth-order valence-electron chi connectivity index (χ4n) is 4.19. The molecule has 0 aromatic heterocycles. The van der Waals surface area contributed by atoms with Crippen molar-refractivity contribution < 1.29 is 14.7 Å². The fourth-order valence-corrected chi connectivity index (χ4v) is 4.19. The summed E-state index contributed by atoms with van der Waals surface area (Å²) in [5.41, 5.74) is -0.337. The Hall–Kier alpha value is -2.10. The van der Waals surface area contributed by atoms with E-state index >= 15 is 0 Å². The summed E-state index contributed by atoms with van der Waals surface area (Å²) >= 11 is 0. The van der Waals surface area contributed by atoms with Crippen LogP contribution in [0.4, 0.5) is 5.69 Å². The van der Waals surface area contributed by atoms with Crippen molar-refractivity contribution >= 4 is 17.5 Å². The summed E-state index contributed by atoms with van der Waals surface area (Å²) in [5.74, 6) is -0.341. The maximum absolute atomic E-state index is 12.8. The lowest BCUT2D eigenvalue weighted by Crippen LogP contribution is -2.37. The Labute approximate surface area is 116 Å². The van der Waals surface area contributed by atoms with Crippen LogP contribution in [0.1, 0.15) is 13.3 Å². The minimum atomic E-state index is -0.640. The van der Waals surface area contributed by atoms with Crippen molar-refractivity contribution in [2.45, 2.75) is 13.3 Å². The summed E-state index contributed by atoms with van der Waals surface area (Å²) in [7, 11) is 0. The highest BCUT2D eigenvalue weighted by atomic mass is 16.3. The Morgan fingerprint density at radius 1 is 1.25 bits per heavy atom. The molecule has 1 aromatic rings. The molecule has 4 atom stereocenters. The molecule has 0 unspecified atom stereocenters. The van der Waals surface area contributed by atoms with Gasteiger partial charge in [-0.1, -0.05) is 24.3 Å². The Balaban J connectivity index is 1.85. The molecule has 2 amide bonds. The first-order valence-electron chi connectivity index (χ1n) is 6.90. The average Bonchev–Trinajstić information content (AvgIpc) is 3.05. The molecule has 0 spiro atoms. The van der Waals surface area contributed by atoms with Crippen molar-refractivity contribution in [3.8, 4) is 5.75 Å². The molecule has 1 aliphatic heterocycles.